The minimum Gasteiger partial charge on any atom is -0.462 e. The zero-order valence-corrected chi connectivity index (χ0v) is 40.4. The van der Waals surface area contributed by atoms with E-state index in [9.17, 15) is 54.5 Å². The first-order valence-corrected chi connectivity index (χ1v) is 25.6. The molecule has 2 bridgehead atoms. The Kier molecular flexibility index (Phi) is 31.5. The quantitative estimate of drug-likeness (QED) is 0.0241. The van der Waals surface area contributed by atoms with E-state index in [1.54, 1.807) is 12.2 Å². The number of hydrogen-bond donors (Lipinski definition) is 7. The number of unbranched alkanes of at least 4 members (excludes halogenated alkanes) is 5. The Labute approximate surface area is 398 Å². The number of allylic oxidation sites excluding steroid dienone is 13. The summed E-state index contributed by atoms with van der Waals surface area (Å²) in [4.78, 5) is 50.0. The summed E-state index contributed by atoms with van der Waals surface area (Å²) >= 11 is 0. The molecular weight excluding hydrogens is 884 g/mol. The normalized spacial score (nSPS) is 30.6. The molecule has 0 aromatic heterocycles. The van der Waals surface area contributed by atoms with Crippen LogP contribution in [-0.2, 0) is 37.5 Å². The van der Waals surface area contributed by atoms with Crippen LogP contribution in [0.3, 0.4) is 0 Å². The minimum absolute atomic E-state index is 0.00571. The van der Waals surface area contributed by atoms with Crippen LogP contribution in [0, 0.1) is 11.8 Å². The third-order valence-corrected chi connectivity index (χ3v) is 12.1. The molecule has 0 saturated heterocycles. The molecule has 2 rings (SSSR count). The topological polar surface area (TPSA) is 247 Å². The van der Waals surface area contributed by atoms with Crippen molar-refractivity contribution < 1.29 is 73.0 Å². The number of phosphoric acid groups is 1. The van der Waals surface area contributed by atoms with Gasteiger partial charge in [0, 0.05) is 18.8 Å². The first-order valence-electron chi connectivity index (χ1n) is 24.1. The highest BCUT2D eigenvalue weighted by Gasteiger charge is 2.47. The molecule has 1 aliphatic carbocycles. The lowest BCUT2D eigenvalue weighted by atomic mass is 9.87. The molecule has 0 fully saturated rings. The molecule has 16 heteroatoms. The van der Waals surface area contributed by atoms with Crippen molar-refractivity contribution in [2.24, 2.45) is 11.8 Å². The maximum atomic E-state index is 13.6. The number of hydrogen-bond acceptors (Lipinski definition) is 14. The van der Waals surface area contributed by atoms with E-state index < -0.39 is 99.4 Å². The van der Waals surface area contributed by atoms with E-state index in [1.807, 2.05) is 6.92 Å². The minimum atomic E-state index is -5.44. The lowest BCUT2D eigenvalue weighted by molar-refractivity contribution is -0.164. The van der Waals surface area contributed by atoms with Gasteiger partial charge in [-0.2, -0.15) is 0 Å². The number of rotatable bonds is 22. The third-order valence-electron chi connectivity index (χ3n) is 11.2. The van der Waals surface area contributed by atoms with Crippen LogP contribution in [0.5, 0.6) is 0 Å². The lowest BCUT2D eigenvalue weighted by Gasteiger charge is -2.36. The SMILES string of the molecule is CC/C=C\C/C=C\C/C=C\C/C=C\C/C=C\CCCCCC(=O)O[C@@H]1COC(=O)CCC/C=C\C[C@H]2/C=C\C(=O)[C@H](/C=C/[C@@H](O)CCCCC)[C@@H](O)[C@@H](O)[C@@H](OP(=O)(O)OC1)[C@H](O)[C@@H](O)[C@@H]2O. The van der Waals surface area contributed by atoms with Gasteiger partial charge in [0.1, 0.15) is 31.0 Å². The molecule has 1 heterocycles. The second-order valence-corrected chi connectivity index (χ2v) is 18.3. The van der Waals surface area contributed by atoms with Crippen LogP contribution in [0.4, 0.5) is 0 Å². The molecule has 0 aromatic carbocycles. The maximum Gasteiger partial charge on any atom is 0.472 e. The van der Waals surface area contributed by atoms with Gasteiger partial charge in [-0.3, -0.25) is 23.4 Å². The molecule has 7 N–H and O–H groups in total. The van der Waals surface area contributed by atoms with Gasteiger partial charge in [-0.05, 0) is 83.1 Å². The number of phosphoric ester groups is 1. The molecule has 0 radical (unpaired) electrons. The summed E-state index contributed by atoms with van der Waals surface area (Å²) in [7, 11) is -5.44. The van der Waals surface area contributed by atoms with E-state index in [4.69, 9.17) is 18.5 Å². The molecule has 378 valence electrons. The largest absolute Gasteiger partial charge is 0.472 e. The predicted molar refractivity (Wildman–Crippen MR) is 257 cm³/mol. The van der Waals surface area contributed by atoms with Crippen LogP contribution in [0.25, 0.3) is 0 Å². The number of aliphatic hydroxyl groups excluding tert-OH is 6. The number of fused-ring (bicyclic) bond motifs is 4. The summed E-state index contributed by atoms with van der Waals surface area (Å²) in [6.07, 6.45) is 24.8. The van der Waals surface area contributed by atoms with Gasteiger partial charge in [-0.25, -0.2) is 4.57 Å². The van der Waals surface area contributed by atoms with Crippen LogP contribution in [0.15, 0.2) is 97.2 Å². The summed E-state index contributed by atoms with van der Waals surface area (Å²) in [5, 5.41) is 67.1. The van der Waals surface area contributed by atoms with Gasteiger partial charge in [0.15, 0.2) is 11.9 Å². The molecule has 0 aromatic rings. The first-order chi connectivity index (χ1) is 32.2. The van der Waals surface area contributed by atoms with Gasteiger partial charge >= 0.3 is 19.8 Å². The van der Waals surface area contributed by atoms with Crippen molar-refractivity contribution >= 4 is 25.5 Å². The van der Waals surface area contributed by atoms with Crippen molar-refractivity contribution in [3.05, 3.63) is 97.2 Å². The Hall–Kier alpha value is -3.60. The fourth-order valence-electron chi connectivity index (χ4n) is 7.16. The lowest BCUT2D eigenvalue weighted by Crippen LogP contribution is -2.55. The molecule has 11 atom stereocenters. The van der Waals surface area contributed by atoms with E-state index in [0.29, 0.717) is 38.5 Å². The second kappa shape index (κ2) is 35.5. The Morgan fingerprint density at radius 1 is 0.791 bits per heavy atom. The smallest absolute Gasteiger partial charge is 0.462 e. The van der Waals surface area contributed by atoms with E-state index in [1.165, 1.54) is 18.2 Å². The standard InChI is InChI=1S/C51H79O15P/c1-3-5-7-8-9-10-11-12-13-14-15-16-17-18-19-20-21-22-28-32-45(55)65-41-37-63-44(54)31-27-24-23-26-29-39-33-36-43(53)42(35-34-40(52)30-25-6-4-2)47(57)49(59)51(50(60)48(58)46(39)56)66-67(61,62)64-38-41/h5,7,9-10,12-13,15-16,18-19,23,26,33-36,39-42,46-52,56-60H,3-4,6,8,11,14,17,20-22,24-25,27-32,37-38H2,1-2H3,(H,61,62)/b7-5-,10-9-,13-12-,16-15-,19-18-,26-23-,35-34+,36-33-/t39-,40-,41+,42-,46+,47+,48-,49+,50+,51+/m0/s1. The van der Waals surface area contributed by atoms with Crippen LogP contribution in [0.2, 0.25) is 0 Å². The van der Waals surface area contributed by atoms with E-state index >= 15 is 0 Å². The number of esters is 2. The monoisotopic (exact) mass is 963 g/mol. The van der Waals surface area contributed by atoms with Gasteiger partial charge in [-0.15, -0.1) is 0 Å². The zero-order valence-electron chi connectivity index (χ0n) is 39.5. The Balaban J connectivity index is 2.12. The highest BCUT2D eigenvalue weighted by molar-refractivity contribution is 7.47. The van der Waals surface area contributed by atoms with Crippen molar-refractivity contribution in [1.82, 2.24) is 0 Å². The number of ether oxygens (including phenoxy) is 2. The van der Waals surface area contributed by atoms with Gasteiger partial charge in [-0.1, -0.05) is 131 Å². The van der Waals surface area contributed by atoms with Gasteiger partial charge < -0.3 is 45.0 Å². The molecule has 1 unspecified atom stereocenters. The molecule has 15 nitrogen and oxygen atoms in total. The number of carbonyl (C=O) groups is 3. The highest BCUT2D eigenvalue weighted by atomic mass is 31.2. The maximum absolute atomic E-state index is 13.6. The number of cyclic esters (lactones) is 1. The van der Waals surface area contributed by atoms with Gasteiger partial charge in [0.25, 0.3) is 0 Å². The molecule has 67 heavy (non-hydrogen) atoms. The summed E-state index contributed by atoms with van der Waals surface area (Å²) in [5.41, 5.74) is 0. The van der Waals surface area contributed by atoms with Gasteiger partial charge in [0.2, 0.25) is 0 Å². The fraction of sp³-hybridized carbons (Fsp3) is 0.627. The molecular formula is C51H79O15P. The molecule has 2 aliphatic rings. The van der Waals surface area contributed by atoms with E-state index in [0.717, 1.165) is 63.9 Å². The molecule has 0 saturated carbocycles. The summed E-state index contributed by atoms with van der Waals surface area (Å²) in [6.45, 7) is 2.70. The Morgan fingerprint density at radius 3 is 2.09 bits per heavy atom. The van der Waals surface area contributed by atoms with Crippen molar-refractivity contribution in [1.29, 1.82) is 0 Å². The van der Waals surface area contributed by atoms with E-state index in [-0.39, 0.29) is 19.3 Å². The predicted octanol–water partition coefficient (Wildman–Crippen LogP) is 7.45. The summed E-state index contributed by atoms with van der Waals surface area (Å²) in [6, 6.07) is 0. The zero-order chi connectivity index (χ0) is 49.3. The second-order valence-electron chi connectivity index (χ2n) is 16.9. The van der Waals surface area contributed by atoms with Crippen molar-refractivity contribution in [3.63, 3.8) is 0 Å². The highest BCUT2D eigenvalue weighted by Crippen LogP contribution is 2.47. The molecule has 0 amide bonds. The van der Waals surface area contributed by atoms with Crippen LogP contribution in [0.1, 0.15) is 129 Å². The summed E-state index contributed by atoms with van der Waals surface area (Å²) in [5.74, 6) is -4.72. The molecule has 0 spiro atoms. The average molecular weight is 963 g/mol. The Morgan fingerprint density at radius 2 is 1.43 bits per heavy atom. The van der Waals surface area contributed by atoms with E-state index in [2.05, 4.69) is 67.7 Å². The van der Waals surface area contributed by atoms with Gasteiger partial charge in [0.05, 0.1) is 30.8 Å². The van der Waals surface area contributed by atoms with Crippen molar-refractivity contribution in [2.75, 3.05) is 13.2 Å². The van der Waals surface area contributed by atoms with Crippen LogP contribution in [-0.4, -0.2) is 115 Å². The first kappa shape index (κ1) is 59.5. The van der Waals surface area contributed by atoms with Crippen molar-refractivity contribution in [2.45, 2.75) is 178 Å². The van der Waals surface area contributed by atoms with Crippen LogP contribution < -0.4 is 0 Å². The number of ketones is 1. The fourth-order valence-corrected chi connectivity index (χ4v) is 8.13. The Bertz CT molecular complexity index is 1700. The third kappa shape index (κ3) is 26.1. The van der Waals surface area contributed by atoms with Crippen LogP contribution >= 0.6 is 7.82 Å². The number of aliphatic hydroxyl groups is 6. The summed E-state index contributed by atoms with van der Waals surface area (Å²) < 4.78 is 34.7. The van der Waals surface area contributed by atoms with Crippen molar-refractivity contribution in [3.8, 4) is 0 Å². The average Bonchev–Trinajstić information content (AvgIpc) is 3.30. The number of carbonyl (C=O) groups excluding carboxylic acids is 3. The molecule has 1 aliphatic heterocycles.